The molecule has 0 aromatic carbocycles. The van der Waals surface area contributed by atoms with E-state index >= 15 is 0 Å². The molecular weight excluding hydrogens is 192 g/mol. The molecule has 0 spiro atoms. The molecule has 1 aliphatic rings. The molecule has 1 aliphatic heterocycles. The third kappa shape index (κ3) is 1.79. The summed E-state index contributed by atoms with van der Waals surface area (Å²) in [6, 6.07) is 0. The summed E-state index contributed by atoms with van der Waals surface area (Å²) >= 11 is 0. The number of hydrogen-bond acceptors (Lipinski definition) is 4. The number of anilines is 2. The van der Waals surface area contributed by atoms with Gasteiger partial charge >= 0.3 is 0 Å². The second-order valence-electron chi connectivity index (χ2n) is 3.83. The smallest absolute Gasteiger partial charge is 0.174 e. The molecule has 15 heavy (non-hydrogen) atoms. The van der Waals surface area contributed by atoms with Gasteiger partial charge in [-0.25, -0.2) is 9.75 Å². The van der Waals surface area contributed by atoms with Gasteiger partial charge in [0.1, 0.15) is 0 Å². The van der Waals surface area contributed by atoms with Crippen LogP contribution in [0.1, 0.15) is 25.5 Å². The summed E-state index contributed by atoms with van der Waals surface area (Å²) in [5.74, 6) is 0.923. The van der Waals surface area contributed by atoms with E-state index in [4.69, 9.17) is 10.6 Å². The number of hydroxylamine groups is 1. The Labute approximate surface area is 89.8 Å². The number of aromatic nitrogens is 2. The fourth-order valence-electron chi connectivity index (χ4n) is 1.83. The average Bonchev–Trinajstić information content (AvgIpc) is 2.78. The average molecular weight is 210 g/mol. The molecule has 2 N–H and O–H groups in total. The Morgan fingerprint density at radius 3 is 2.93 bits per heavy atom. The van der Waals surface area contributed by atoms with Gasteiger partial charge in [-0.15, -0.1) is 0 Å². The first-order valence-corrected chi connectivity index (χ1v) is 5.47. The van der Waals surface area contributed by atoms with Gasteiger partial charge in [0.15, 0.2) is 5.82 Å². The lowest BCUT2D eigenvalue weighted by Gasteiger charge is -2.17. The van der Waals surface area contributed by atoms with Crippen LogP contribution in [0.2, 0.25) is 0 Å². The second kappa shape index (κ2) is 4.10. The summed E-state index contributed by atoms with van der Waals surface area (Å²) in [6.07, 6.45) is 2.09. The Kier molecular flexibility index (Phi) is 2.81. The summed E-state index contributed by atoms with van der Waals surface area (Å²) in [5, 5.41) is 6.28. The Hall–Kier alpha value is -1.23. The van der Waals surface area contributed by atoms with Crippen LogP contribution in [0.15, 0.2) is 0 Å². The molecule has 5 nitrogen and oxygen atoms in total. The standard InChI is InChI=1S/C10H18N4O/c1-3-5-13-10(9(11)8(2)12-13)14-6-4-7-15-14/h3-7,11H2,1-2H3. The van der Waals surface area contributed by atoms with E-state index in [-0.39, 0.29) is 0 Å². The number of nitrogen functional groups attached to an aromatic ring is 1. The fraction of sp³-hybridized carbons (Fsp3) is 0.700. The first-order chi connectivity index (χ1) is 7.24. The lowest BCUT2D eigenvalue weighted by molar-refractivity contribution is 0.163. The predicted molar refractivity (Wildman–Crippen MR) is 59.6 cm³/mol. The summed E-state index contributed by atoms with van der Waals surface area (Å²) < 4.78 is 1.94. The molecule has 0 saturated carbocycles. The third-order valence-electron chi connectivity index (χ3n) is 2.57. The number of aryl methyl sites for hydroxylation is 2. The molecule has 2 heterocycles. The lowest BCUT2D eigenvalue weighted by atomic mass is 10.3. The molecule has 0 amide bonds. The van der Waals surface area contributed by atoms with Crippen molar-refractivity contribution in [3.8, 4) is 0 Å². The van der Waals surface area contributed by atoms with Gasteiger partial charge in [0.05, 0.1) is 18.0 Å². The quantitative estimate of drug-likeness (QED) is 0.817. The zero-order valence-electron chi connectivity index (χ0n) is 9.36. The first-order valence-electron chi connectivity index (χ1n) is 5.47. The SMILES string of the molecule is CCCn1nc(C)c(N)c1N1CCCO1. The molecule has 0 bridgehead atoms. The Balaban J connectivity index is 2.33. The fourth-order valence-corrected chi connectivity index (χ4v) is 1.83. The van der Waals surface area contributed by atoms with Crippen LogP contribution in [0.3, 0.4) is 0 Å². The van der Waals surface area contributed by atoms with Gasteiger partial charge in [-0.3, -0.25) is 4.84 Å². The first kappa shape index (κ1) is 10.3. The minimum atomic E-state index is 0.741. The molecule has 1 fully saturated rings. The Bertz CT molecular complexity index is 341. The van der Waals surface area contributed by atoms with Crippen LogP contribution in [0, 0.1) is 6.92 Å². The largest absolute Gasteiger partial charge is 0.394 e. The molecule has 2 rings (SSSR count). The molecule has 5 heteroatoms. The minimum absolute atomic E-state index is 0.741. The van der Waals surface area contributed by atoms with E-state index < -0.39 is 0 Å². The van der Waals surface area contributed by atoms with Crippen LogP contribution < -0.4 is 10.8 Å². The summed E-state index contributed by atoms with van der Waals surface area (Å²) in [7, 11) is 0. The van der Waals surface area contributed by atoms with Crippen molar-refractivity contribution in [2.75, 3.05) is 23.9 Å². The van der Waals surface area contributed by atoms with Crippen LogP contribution in [0.4, 0.5) is 11.5 Å². The maximum Gasteiger partial charge on any atom is 0.174 e. The normalized spacial score (nSPS) is 16.3. The van der Waals surface area contributed by atoms with E-state index in [1.165, 1.54) is 0 Å². The van der Waals surface area contributed by atoms with Crippen LogP contribution in [0.25, 0.3) is 0 Å². The van der Waals surface area contributed by atoms with Crippen molar-refractivity contribution in [2.45, 2.75) is 33.2 Å². The monoisotopic (exact) mass is 210 g/mol. The second-order valence-corrected chi connectivity index (χ2v) is 3.83. The molecule has 0 unspecified atom stereocenters. The van der Waals surface area contributed by atoms with E-state index in [1.54, 1.807) is 0 Å². The van der Waals surface area contributed by atoms with Crippen molar-refractivity contribution < 1.29 is 4.84 Å². The van der Waals surface area contributed by atoms with Crippen molar-refractivity contribution in [3.63, 3.8) is 0 Å². The molecular formula is C10H18N4O. The van der Waals surface area contributed by atoms with Gasteiger partial charge in [-0.1, -0.05) is 6.92 Å². The molecule has 84 valence electrons. The molecule has 1 aromatic heterocycles. The highest BCUT2D eigenvalue weighted by Crippen LogP contribution is 2.28. The van der Waals surface area contributed by atoms with Gasteiger partial charge in [-0.05, 0) is 19.8 Å². The molecule has 0 aliphatic carbocycles. The predicted octanol–water partition coefficient (Wildman–Crippen LogP) is 1.33. The van der Waals surface area contributed by atoms with E-state index in [1.807, 2.05) is 16.7 Å². The van der Waals surface area contributed by atoms with Gasteiger partial charge < -0.3 is 5.73 Å². The topological polar surface area (TPSA) is 56.3 Å². The Morgan fingerprint density at radius 1 is 1.53 bits per heavy atom. The maximum absolute atomic E-state index is 6.01. The maximum atomic E-state index is 6.01. The summed E-state index contributed by atoms with van der Waals surface area (Å²) in [4.78, 5) is 5.51. The van der Waals surface area contributed by atoms with Gasteiger partial charge in [0.2, 0.25) is 0 Å². The number of nitrogens with zero attached hydrogens (tertiary/aromatic N) is 3. The highest BCUT2D eigenvalue weighted by atomic mass is 16.7. The highest BCUT2D eigenvalue weighted by molar-refractivity contribution is 5.65. The number of hydrogen-bond donors (Lipinski definition) is 1. The Morgan fingerprint density at radius 2 is 2.33 bits per heavy atom. The van der Waals surface area contributed by atoms with E-state index in [9.17, 15) is 0 Å². The number of nitrogens with two attached hydrogens (primary N) is 1. The van der Waals surface area contributed by atoms with E-state index in [2.05, 4.69) is 12.0 Å². The highest BCUT2D eigenvalue weighted by Gasteiger charge is 2.22. The minimum Gasteiger partial charge on any atom is -0.394 e. The summed E-state index contributed by atoms with van der Waals surface area (Å²) in [6.45, 7) is 6.62. The third-order valence-corrected chi connectivity index (χ3v) is 2.57. The van der Waals surface area contributed by atoms with E-state index in [0.29, 0.717) is 0 Å². The lowest BCUT2D eigenvalue weighted by Crippen LogP contribution is -2.21. The van der Waals surface area contributed by atoms with Crippen molar-refractivity contribution >= 4 is 11.5 Å². The van der Waals surface area contributed by atoms with Gasteiger partial charge in [0.25, 0.3) is 0 Å². The molecule has 1 saturated heterocycles. The van der Waals surface area contributed by atoms with Gasteiger partial charge in [-0.2, -0.15) is 5.10 Å². The van der Waals surface area contributed by atoms with Crippen molar-refractivity contribution in [2.24, 2.45) is 0 Å². The molecule has 0 radical (unpaired) electrons. The van der Waals surface area contributed by atoms with Crippen LogP contribution in [0.5, 0.6) is 0 Å². The van der Waals surface area contributed by atoms with Crippen molar-refractivity contribution in [1.29, 1.82) is 0 Å². The molecule has 0 atom stereocenters. The van der Waals surface area contributed by atoms with Crippen molar-refractivity contribution in [1.82, 2.24) is 9.78 Å². The molecule has 1 aromatic rings. The van der Waals surface area contributed by atoms with Crippen LogP contribution in [-0.2, 0) is 11.4 Å². The summed E-state index contributed by atoms with van der Waals surface area (Å²) in [5.41, 5.74) is 7.63. The van der Waals surface area contributed by atoms with Gasteiger partial charge in [0, 0.05) is 13.1 Å². The van der Waals surface area contributed by atoms with E-state index in [0.717, 1.165) is 49.7 Å². The zero-order chi connectivity index (χ0) is 10.8. The zero-order valence-corrected chi connectivity index (χ0v) is 9.36. The van der Waals surface area contributed by atoms with Crippen LogP contribution in [-0.4, -0.2) is 22.9 Å². The van der Waals surface area contributed by atoms with Crippen LogP contribution >= 0.6 is 0 Å². The number of rotatable bonds is 3. The van der Waals surface area contributed by atoms with Crippen molar-refractivity contribution in [3.05, 3.63) is 5.69 Å².